The lowest BCUT2D eigenvalue weighted by Gasteiger charge is -2.33. The maximum absolute atomic E-state index is 12.7. The van der Waals surface area contributed by atoms with Crippen LogP contribution in [0, 0.1) is 0 Å². The van der Waals surface area contributed by atoms with Crippen LogP contribution in [-0.2, 0) is 5.41 Å². The van der Waals surface area contributed by atoms with Gasteiger partial charge in [-0.3, -0.25) is 4.79 Å². The van der Waals surface area contributed by atoms with Gasteiger partial charge in [0.1, 0.15) is 5.75 Å². The first-order valence-corrected chi connectivity index (χ1v) is 8.93. The fraction of sp³-hybridized carbons (Fsp3) is 0.381. The number of methoxy groups -OCH3 is 1. The molecule has 3 rings (SSSR count). The lowest BCUT2D eigenvalue weighted by atomic mass is 9.74. The molecule has 1 aliphatic rings. The van der Waals surface area contributed by atoms with Crippen LogP contribution in [0.25, 0.3) is 0 Å². The van der Waals surface area contributed by atoms with Crippen LogP contribution in [0.5, 0.6) is 5.75 Å². The fourth-order valence-corrected chi connectivity index (χ4v) is 3.67. The topological polar surface area (TPSA) is 50.4 Å². The number of carbonyl (C=O) groups excluding carboxylic acids is 1. The van der Waals surface area contributed by atoms with Crippen LogP contribution in [0.15, 0.2) is 54.6 Å². The number of carbonyl (C=O) groups is 1. The van der Waals surface area contributed by atoms with Crippen LogP contribution >= 0.6 is 0 Å². The predicted octanol–water partition coefficient (Wildman–Crippen LogP) is 3.14. The summed E-state index contributed by atoms with van der Waals surface area (Å²) in [6, 6.07) is 17.9. The number of para-hydroxylation sites is 1. The van der Waals surface area contributed by atoms with E-state index >= 15 is 0 Å². The summed E-state index contributed by atoms with van der Waals surface area (Å²) in [4.78, 5) is 12.7. The van der Waals surface area contributed by atoms with Crippen LogP contribution in [-0.4, -0.2) is 32.7 Å². The van der Waals surface area contributed by atoms with Crippen LogP contribution in [0.3, 0.4) is 0 Å². The Labute approximate surface area is 149 Å². The van der Waals surface area contributed by atoms with Gasteiger partial charge >= 0.3 is 0 Å². The Kier molecular flexibility index (Phi) is 5.71. The van der Waals surface area contributed by atoms with Crippen molar-refractivity contribution in [2.75, 3.05) is 26.7 Å². The molecule has 25 heavy (non-hydrogen) atoms. The Morgan fingerprint density at radius 2 is 1.84 bits per heavy atom. The largest absolute Gasteiger partial charge is 0.496 e. The minimum Gasteiger partial charge on any atom is -0.496 e. The first-order chi connectivity index (χ1) is 12.2. The van der Waals surface area contributed by atoms with Crippen molar-refractivity contribution in [3.63, 3.8) is 0 Å². The van der Waals surface area contributed by atoms with Gasteiger partial charge in [-0.15, -0.1) is 0 Å². The third-order valence-electron chi connectivity index (χ3n) is 5.11. The molecule has 4 nitrogen and oxygen atoms in total. The summed E-state index contributed by atoms with van der Waals surface area (Å²) in [6.07, 6.45) is 3.19. The van der Waals surface area contributed by atoms with Gasteiger partial charge in [0.2, 0.25) is 0 Å². The molecule has 1 unspecified atom stereocenters. The Morgan fingerprint density at radius 3 is 2.64 bits per heavy atom. The lowest BCUT2D eigenvalue weighted by molar-refractivity contribution is 0.0938. The molecule has 1 amide bonds. The number of hydrogen-bond acceptors (Lipinski definition) is 3. The minimum absolute atomic E-state index is 0.0254. The van der Waals surface area contributed by atoms with Crippen LogP contribution < -0.4 is 15.4 Å². The minimum atomic E-state index is -0.0787. The molecule has 1 atom stereocenters. The van der Waals surface area contributed by atoms with Gasteiger partial charge in [-0.05, 0) is 50.0 Å². The zero-order valence-corrected chi connectivity index (χ0v) is 14.8. The van der Waals surface area contributed by atoms with Gasteiger partial charge in [-0.25, -0.2) is 0 Å². The van der Waals surface area contributed by atoms with Crippen molar-refractivity contribution in [1.29, 1.82) is 0 Å². The summed E-state index contributed by atoms with van der Waals surface area (Å²) < 4.78 is 5.32. The monoisotopic (exact) mass is 338 g/mol. The molecule has 132 valence electrons. The highest BCUT2D eigenvalue weighted by molar-refractivity contribution is 5.96. The van der Waals surface area contributed by atoms with Crippen LogP contribution in [0.2, 0.25) is 0 Å². The Balaban J connectivity index is 1.80. The molecular weight excluding hydrogens is 312 g/mol. The van der Waals surface area contributed by atoms with Gasteiger partial charge in [0.15, 0.2) is 0 Å². The molecule has 0 radical (unpaired) electrons. The van der Waals surface area contributed by atoms with Gasteiger partial charge in [0, 0.05) is 12.0 Å². The molecule has 1 saturated heterocycles. The molecule has 0 spiro atoms. The summed E-state index contributed by atoms with van der Waals surface area (Å²) in [6.45, 7) is 2.64. The van der Waals surface area contributed by atoms with E-state index in [0.29, 0.717) is 17.9 Å². The van der Waals surface area contributed by atoms with Crippen molar-refractivity contribution in [3.05, 3.63) is 65.7 Å². The van der Waals surface area contributed by atoms with Gasteiger partial charge in [0.05, 0.1) is 12.7 Å². The molecule has 0 aliphatic carbocycles. The summed E-state index contributed by atoms with van der Waals surface area (Å²) in [5.41, 5.74) is 1.86. The standard InChI is InChI=1S/C21H26N2O2/c1-25-19-11-6-5-10-18(19)20(24)23-16-21(12-7-14-22-15-13-21)17-8-3-2-4-9-17/h2-6,8-11,22H,7,12-16H2,1H3,(H,23,24). The predicted molar refractivity (Wildman–Crippen MR) is 100 cm³/mol. The Hall–Kier alpha value is -2.33. The molecule has 1 heterocycles. The van der Waals surface area contributed by atoms with Crippen molar-refractivity contribution >= 4 is 5.91 Å². The van der Waals surface area contributed by atoms with E-state index in [9.17, 15) is 4.79 Å². The molecule has 0 bridgehead atoms. The maximum Gasteiger partial charge on any atom is 0.255 e. The Morgan fingerprint density at radius 1 is 1.08 bits per heavy atom. The second-order valence-corrected chi connectivity index (χ2v) is 6.63. The third-order valence-corrected chi connectivity index (χ3v) is 5.11. The first kappa shape index (κ1) is 17.5. The van der Waals surface area contributed by atoms with Gasteiger partial charge in [-0.1, -0.05) is 42.5 Å². The smallest absolute Gasteiger partial charge is 0.255 e. The number of nitrogens with one attached hydrogen (secondary N) is 2. The van der Waals surface area contributed by atoms with Crippen molar-refractivity contribution in [2.45, 2.75) is 24.7 Å². The summed E-state index contributed by atoms with van der Waals surface area (Å²) >= 11 is 0. The molecule has 4 heteroatoms. The molecule has 1 fully saturated rings. The highest BCUT2D eigenvalue weighted by Crippen LogP contribution is 2.33. The first-order valence-electron chi connectivity index (χ1n) is 8.93. The molecule has 2 N–H and O–H groups in total. The summed E-state index contributed by atoms with van der Waals surface area (Å²) in [5, 5.41) is 6.64. The van der Waals surface area contributed by atoms with Gasteiger partial charge < -0.3 is 15.4 Å². The van der Waals surface area contributed by atoms with E-state index < -0.39 is 0 Å². The van der Waals surface area contributed by atoms with E-state index in [1.54, 1.807) is 13.2 Å². The van der Waals surface area contributed by atoms with Gasteiger partial charge in [-0.2, -0.15) is 0 Å². The lowest BCUT2D eigenvalue weighted by Crippen LogP contribution is -2.41. The van der Waals surface area contributed by atoms with E-state index in [4.69, 9.17) is 4.74 Å². The van der Waals surface area contributed by atoms with E-state index in [-0.39, 0.29) is 11.3 Å². The van der Waals surface area contributed by atoms with Crippen LogP contribution in [0.1, 0.15) is 35.2 Å². The van der Waals surface area contributed by atoms with Crippen molar-refractivity contribution in [2.24, 2.45) is 0 Å². The highest BCUT2D eigenvalue weighted by atomic mass is 16.5. The molecule has 2 aromatic rings. The average Bonchev–Trinajstić information content (AvgIpc) is 2.93. The zero-order chi connectivity index (χ0) is 17.5. The van der Waals surface area contributed by atoms with E-state index in [2.05, 4.69) is 34.9 Å². The van der Waals surface area contributed by atoms with Crippen molar-refractivity contribution in [1.82, 2.24) is 10.6 Å². The highest BCUT2D eigenvalue weighted by Gasteiger charge is 2.33. The average molecular weight is 338 g/mol. The number of benzene rings is 2. The molecule has 1 aliphatic heterocycles. The summed E-state index contributed by atoms with van der Waals surface area (Å²) in [7, 11) is 1.59. The van der Waals surface area contributed by atoms with E-state index in [0.717, 1.165) is 32.4 Å². The van der Waals surface area contributed by atoms with Crippen molar-refractivity contribution in [3.8, 4) is 5.75 Å². The fourth-order valence-electron chi connectivity index (χ4n) is 3.67. The Bertz CT molecular complexity index is 692. The molecular formula is C21H26N2O2. The second kappa shape index (κ2) is 8.17. The zero-order valence-electron chi connectivity index (χ0n) is 14.8. The van der Waals surface area contributed by atoms with Crippen LogP contribution in [0.4, 0.5) is 0 Å². The van der Waals surface area contributed by atoms with Crippen molar-refractivity contribution < 1.29 is 9.53 Å². The van der Waals surface area contributed by atoms with E-state index in [1.165, 1.54) is 5.56 Å². The molecule has 0 aromatic heterocycles. The van der Waals surface area contributed by atoms with Gasteiger partial charge in [0.25, 0.3) is 5.91 Å². The molecule has 0 saturated carbocycles. The summed E-state index contributed by atoms with van der Waals surface area (Å²) in [5.74, 6) is 0.529. The molecule has 2 aromatic carbocycles. The third kappa shape index (κ3) is 4.02. The van der Waals surface area contributed by atoms with E-state index in [1.807, 2.05) is 24.3 Å². The number of amides is 1. The number of rotatable bonds is 5. The maximum atomic E-state index is 12.7. The number of ether oxygens (including phenoxy) is 1. The SMILES string of the molecule is COc1ccccc1C(=O)NCC1(c2ccccc2)CCCNCC1. The number of hydrogen-bond donors (Lipinski definition) is 2. The quantitative estimate of drug-likeness (QED) is 0.881. The second-order valence-electron chi connectivity index (χ2n) is 6.63. The normalized spacial score (nSPS) is 20.5.